The van der Waals surface area contributed by atoms with Crippen LogP contribution in [0.3, 0.4) is 0 Å². The maximum absolute atomic E-state index is 13.2. The van der Waals surface area contributed by atoms with E-state index in [-0.39, 0.29) is 18.0 Å². The third kappa shape index (κ3) is 8.20. The number of ether oxygens (including phenoxy) is 1. The van der Waals surface area contributed by atoms with Crippen LogP contribution in [0.2, 0.25) is 0 Å². The Labute approximate surface area is 244 Å². The van der Waals surface area contributed by atoms with Crippen molar-refractivity contribution in [1.29, 1.82) is 0 Å². The van der Waals surface area contributed by atoms with Crippen LogP contribution in [-0.4, -0.2) is 56.2 Å². The van der Waals surface area contributed by atoms with E-state index in [1.54, 1.807) is 13.8 Å². The molecule has 1 atom stereocenters. The number of hydrogen-bond acceptors (Lipinski definition) is 7. The lowest BCUT2D eigenvalue weighted by molar-refractivity contribution is -0.0605. The van der Waals surface area contributed by atoms with Crippen molar-refractivity contribution in [2.45, 2.75) is 108 Å². The van der Waals surface area contributed by atoms with Crippen molar-refractivity contribution in [2.75, 3.05) is 19.8 Å². The molecule has 2 fully saturated rings. The molecule has 1 amide bonds. The maximum Gasteiger partial charge on any atom is 0.280 e. The number of aromatic nitrogens is 1. The lowest BCUT2D eigenvalue weighted by Crippen LogP contribution is -2.46. The third-order valence-corrected chi connectivity index (χ3v) is 10.3. The Morgan fingerprint density at radius 1 is 1.15 bits per heavy atom. The summed E-state index contributed by atoms with van der Waals surface area (Å²) in [6.07, 6.45) is 7.75. The largest absolute Gasteiger partial charge is 0.388 e. The standard InChI is InChI=1S/C30H45N3O5S2/c1-28(2,3)33-40(37)24-12-11-21(18-22(24)29(4,5)35)25-23(17-20-9-7-6-8-10-20)32-27(39-25)26(34)31-19-30(36)13-15-38-16-14-30/h11-12,18,20,33,35-36H,6-10,13-17,19H2,1-5H3,(H,31,34). The van der Waals surface area contributed by atoms with Gasteiger partial charge in [0.15, 0.2) is 5.01 Å². The first kappa shape index (κ1) is 31.3. The highest BCUT2D eigenvalue weighted by Gasteiger charge is 2.32. The fraction of sp³-hybridized carbons (Fsp3) is 0.667. The van der Waals surface area contributed by atoms with Crippen molar-refractivity contribution in [3.05, 3.63) is 34.5 Å². The number of hydrogen-bond donors (Lipinski definition) is 4. The van der Waals surface area contributed by atoms with E-state index in [0.29, 0.717) is 47.4 Å². The molecule has 0 spiro atoms. The maximum atomic E-state index is 13.2. The average molecular weight is 592 g/mol. The molecular formula is C30H45N3O5S2. The number of thiazole rings is 1. The highest BCUT2D eigenvalue weighted by molar-refractivity contribution is 7.83. The number of aliphatic hydroxyl groups is 2. The summed E-state index contributed by atoms with van der Waals surface area (Å²) in [7, 11) is -1.52. The van der Waals surface area contributed by atoms with Gasteiger partial charge in [-0.25, -0.2) is 13.9 Å². The van der Waals surface area contributed by atoms with Gasteiger partial charge in [-0.1, -0.05) is 38.2 Å². The monoisotopic (exact) mass is 591 g/mol. The lowest BCUT2D eigenvalue weighted by Gasteiger charge is -2.31. The fourth-order valence-electron chi connectivity index (χ4n) is 5.37. The summed E-state index contributed by atoms with van der Waals surface area (Å²) >= 11 is 1.34. The molecular weight excluding hydrogens is 546 g/mol. The molecule has 8 nitrogen and oxygen atoms in total. The Kier molecular flexibility index (Phi) is 9.90. The number of nitrogens with one attached hydrogen (secondary N) is 2. The summed E-state index contributed by atoms with van der Waals surface area (Å²) < 4.78 is 21.7. The molecule has 0 radical (unpaired) electrons. The van der Waals surface area contributed by atoms with E-state index in [2.05, 4.69) is 10.0 Å². The van der Waals surface area contributed by atoms with Crippen LogP contribution in [0, 0.1) is 5.92 Å². The predicted molar refractivity (Wildman–Crippen MR) is 160 cm³/mol. The molecule has 1 aromatic carbocycles. The molecule has 1 aromatic heterocycles. The van der Waals surface area contributed by atoms with Crippen LogP contribution in [0.25, 0.3) is 10.4 Å². The van der Waals surface area contributed by atoms with Gasteiger partial charge in [-0.2, -0.15) is 0 Å². The molecule has 2 aromatic rings. The summed E-state index contributed by atoms with van der Waals surface area (Å²) in [5.41, 5.74) is -0.258. The Balaban J connectivity index is 1.67. The van der Waals surface area contributed by atoms with Crippen molar-refractivity contribution < 1.29 is 24.0 Å². The molecule has 1 aliphatic heterocycles. The molecule has 10 heteroatoms. The molecule has 2 aliphatic rings. The number of carbonyl (C=O) groups excluding carboxylic acids is 1. The van der Waals surface area contributed by atoms with Crippen LogP contribution in [0.1, 0.15) is 101 Å². The van der Waals surface area contributed by atoms with Gasteiger partial charge in [-0.05, 0) is 64.7 Å². The molecule has 1 saturated carbocycles. The highest BCUT2D eigenvalue weighted by Crippen LogP contribution is 2.38. The van der Waals surface area contributed by atoms with Gasteiger partial charge in [0, 0.05) is 43.7 Å². The quantitative estimate of drug-likeness (QED) is 0.331. The third-order valence-electron chi connectivity index (χ3n) is 7.60. The van der Waals surface area contributed by atoms with E-state index in [4.69, 9.17) is 9.72 Å². The predicted octanol–water partition coefficient (Wildman–Crippen LogP) is 4.84. The minimum absolute atomic E-state index is 0.159. The van der Waals surface area contributed by atoms with E-state index in [1.807, 2.05) is 39.0 Å². The van der Waals surface area contributed by atoms with Crippen molar-refractivity contribution >= 4 is 28.2 Å². The molecule has 0 bridgehead atoms. The van der Waals surface area contributed by atoms with Crippen molar-refractivity contribution in [3.63, 3.8) is 0 Å². The van der Waals surface area contributed by atoms with Crippen molar-refractivity contribution in [2.24, 2.45) is 5.92 Å². The second kappa shape index (κ2) is 12.7. The molecule has 222 valence electrons. The number of nitrogens with zero attached hydrogens (tertiary/aromatic N) is 1. The zero-order valence-electron chi connectivity index (χ0n) is 24.5. The first-order valence-electron chi connectivity index (χ1n) is 14.4. The summed E-state index contributed by atoms with van der Waals surface area (Å²) in [4.78, 5) is 19.5. The van der Waals surface area contributed by atoms with Crippen molar-refractivity contribution in [1.82, 2.24) is 15.0 Å². The molecule has 1 unspecified atom stereocenters. The van der Waals surface area contributed by atoms with Crippen LogP contribution in [-0.2, 0) is 27.7 Å². The normalized spacial score (nSPS) is 19.4. The van der Waals surface area contributed by atoms with Crippen LogP contribution >= 0.6 is 11.3 Å². The fourth-order valence-corrected chi connectivity index (χ4v) is 7.74. The first-order valence-corrected chi connectivity index (χ1v) is 16.4. The van der Waals surface area contributed by atoms with Gasteiger partial charge in [0.2, 0.25) is 0 Å². The summed E-state index contributed by atoms with van der Waals surface area (Å²) in [6, 6.07) is 5.61. The minimum Gasteiger partial charge on any atom is -0.388 e. The van der Waals surface area contributed by atoms with Gasteiger partial charge in [0.05, 0.1) is 26.7 Å². The topological polar surface area (TPSA) is 121 Å². The number of carbonyl (C=O) groups is 1. The average Bonchev–Trinajstić information content (AvgIpc) is 3.30. The number of amides is 1. The molecule has 40 heavy (non-hydrogen) atoms. The van der Waals surface area contributed by atoms with Gasteiger partial charge in [0.25, 0.3) is 5.91 Å². The minimum atomic E-state index is -1.52. The van der Waals surface area contributed by atoms with Crippen LogP contribution < -0.4 is 10.0 Å². The highest BCUT2D eigenvalue weighted by atomic mass is 32.2. The van der Waals surface area contributed by atoms with E-state index in [1.165, 1.54) is 30.6 Å². The second-order valence-electron chi connectivity index (χ2n) is 12.9. The van der Waals surface area contributed by atoms with Gasteiger partial charge in [-0.15, -0.1) is 11.3 Å². The summed E-state index contributed by atoms with van der Waals surface area (Å²) in [5, 5.41) is 25.1. The van der Waals surface area contributed by atoms with E-state index in [9.17, 15) is 19.2 Å². The molecule has 1 saturated heterocycles. The van der Waals surface area contributed by atoms with Gasteiger partial charge in [0.1, 0.15) is 11.0 Å². The molecule has 4 N–H and O–H groups in total. The Morgan fingerprint density at radius 3 is 2.45 bits per heavy atom. The first-order chi connectivity index (χ1) is 18.7. The Bertz CT molecular complexity index is 1200. The smallest absolute Gasteiger partial charge is 0.280 e. The number of benzene rings is 1. The van der Waals surface area contributed by atoms with Crippen LogP contribution in [0.15, 0.2) is 23.1 Å². The zero-order valence-corrected chi connectivity index (χ0v) is 26.1. The van der Waals surface area contributed by atoms with Gasteiger partial charge < -0.3 is 20.3 Å². The molecule has 2 heterocycles. The van der Waals surface area contributed by atoms with E-state index >= 15 is 0 Å². The molecule has 4 rings (SSSR count). The Hall–Kier alpha value is -1.69. The van der Waals surface area contributed by atoms with Crippen LogP contribution in [0.4, 0.5) is 0 Å². The number of rotatable bonds is 9. The Morgan fingerprint density at radius 2 is 1.82 bits per heavy atom. The van der Waals surface area contributed by atoms with Crippen LogP contribution in [0.5, 0.6) is 0 Å². The zero-order chi connectivity index (χ0) is 29.1. The van der Waals surface area contributed by atoms with E-state index in [0.717, 1.165) is 35.4 Å². The van der Waals surface area contributed by atoms with Gasteiger partial charge >= 0.3 is 0 Å². The molecule has 1 aliphatic carbocycles. The van der Waals surface area contributed by atoms with Gasteiger partial charge in [-0.3, -0.25) is 4.79 Å². The second-order valence-corrected chi connectivity index (χ2v) is 15.1. The van der Waals surface area contributed by atoms with Crippen molar-refractivity contribution in [3.8, 4) is 10.4 Å². The summed E-state index contributed by atoms with van der Waals surface area (Å²) in [5.74, 6) is 0.223. The lowest BCUT2D eigenvalue weighted by atomic mass is 9.85. The van der Waals surface area contributed by atoms with E-state index < -0.39 is 22.2 Å². The SMILES string of the molecule is CC(C)(C)NS(=O)c1ccc(-c2sc(C(=O)NCC3(O)CCOCC3)nc2CC2CCCCC2)cc1C(C)(C)O. The summed E-state index contributed by atoms with van der Waals surface area (Å²) in [6.45, 7) is 10.4.